The van der Waals surface area contributed by atoms with Gasteiger partial charge in [0.05, 0.1) is 12.7 Å². The van der Waals surface area contributed by atoms with Gasteiger partial charge in [-0.1, -0.05) is 0 Å². The molecule has 0 radical (unpaired) electrons. The van der Waals surface area contributed by atoms with E-state index in [2.05, 4.69) is 22.9 Å². The second kappa shape index (κ2) is 5.07. The molecule has 4 nitrogen and oxygen atoms in total. The average Bonchev–Trinajstić information content (AvgIpc) is 2.39. The Morgan fingerprint density at radius 1 is 1.24 bits per heavy atom. The van der Waals surface area contributed by atoms with Crippen LogP contribution in [0.25, 0.3) is 0 Å². The highest BCUT2D eigenvalue weighted by Gasteiger charge is 2.15. The van der Waals surface area contributed by atoms with Crippen LogP contribution in [0.3, 0.4) is 0 Å². The number of piperazine rings is 1. The number of ether oxygens (including phenoxy) is 1. The van der Waals surface area contributed by atoms with Crippen LogP contribution in [-0.2, 0) is 0 Å². The van der Waals surface area contributed by atoms with Crippen molar-refractivity contribution in [2.75, 3.05) is 45.2 Å². The molecule has 1 aromatic carbocycles. The van der Waals surface area contributed by atoms with Gasteiger partial charge in [0.15, 0.2) is 0 Å². The molecule has 1 saturated heterocycles. The van der Waals surface area contributed by atoms with Crippen LogP contribution in [0.2, 0.25) is 0 Å². The Balaban J connectivity index is 2.19. The number of methoxy groups -OCH3 is 1. The Kier molecular flexibility index (Phi) is 3.50. The molecule has 0 atom stereocenters. The summed E-state index contributed by atoms with van der Waals surface area (Å²) < 4.78 is 5.15. The zero-order valence-corrected chi connectivity index (χ0v) is 10.3. The third-order valence-corrected chi connectivity index (χ3v) is 3.17. The largest absolute Gasteiger partial charge is 0.495 e. The maximum atomic E-state index is 9.06. The predicted molar refractivity (Wildman–Crippen MR) is 67.4 cm³/mol. The molecular weight excluding hydrogens is 214 g/mol. The van der Waals surface area contributed by atoms with Gasteiger partial charge in [0.1, 0.15) is 11.8 Å². The molecule has 0 aliphatic carbocycles. The van der Waals surface area contributed by atoms with Gasteiger partial charge >= 0.3 is 0 Å². The molecule has 0 N–H and O–H groups in total. The van der Waals surface area contributed by atoms with E-state index in [0.29, 0.717) is 11.3 Å². The number of hydrogen-bond donors (Lipinski definition) is 0. The lowest BCUT2D eigenvalue weighted by molar-refractivity contribution is 0.313. The van der Waals surface area contributed by atoms with E-state index in [4.69, 9.17) is 10.00 Å². The summed E-state index contributed by atoms with van der Waals surface area (Å²) in [6.45, 7) is 4.14. The first-order valence-corrected chi connectivity index (χ1v) is 5.76. The van der Waals surface area contributed by atoms with E-state index in [1.807, 2.05) is 18.2 Å². The summed E-state index contributed by atoms with van der Waals surface area (Å²) in [6.07, 6.45) is 0. The van der Waals surface area contributed by atoms with Crippen molar-refractivity contribution in [2.24, 2.45) is 0 Å². The number of likely N-dealkylation sites (N-methyl/N-ethyl adjacent to an activating group) is 1. The molecule has 1 aromatic rings. The topological polar surface area (TPSA) is 39.5 Å². The first-order chi connectivity index (χ1) is 8.24. The van der Waals surface area contributed by atoms with Gasteiger partial charge in [0.2, 0.25) is 0 Å². The highest BCUT2D eigenvalue weighted by molar-refractivity contribution is 5.57. The Morgan fingerprint density at radius 2 is 1.94 bits per heavy atom. The van der Waals surface area contributed by atoms with Gasteiger partial charge in [-0.05, 0) is 25.2 Å². The van der Waals surface area contributed by atoms with Gasteiger partial charge in [0, 0.05) is 31.9 Å². The van der Waals surface area contributed by atoms with E-state index in [0.717, 1.165) is 31.9 Å². The van der Waals surface area contributed by atoms with Crippen molar-refractivity contribution in [2.45, 2.75) is 0 Å². The molecule has 4 heteroatoms. The van der Waals surface area contributed by atoms with Crippen molar-refractivity contribution in [1.82, 2.24) is 4.90 Å². The minimum Gasteiger partial charge on any atom is -0.495 e. The van der Waals surface area contributed by atoms with Crippen LogP contribution in [0.1, 0.15) is 5.56 Å². The first kappa shape index (κ1) is 11.7. The molecule has 0 spiro atoms. The number of anilines is 1. The van der Waals surface area contributed by atoms with Crippen molar-refractivity contribution in [1.29, 1.82) is 5.26 Å². The summed E-state index contributed by atoms with van der Waals surface area (Å²) in [5.74, 6) is 0.644. The van der Waals surface area contributed by atoms with E-state index >= 15 is 0 Å². The van der Waals surface area contributed by atoms with Gasteiger partial charge in [-0.15, -0.1) is 0 Å². The lowest BCUT2D eigenvalue weighted by Crippen LogP contribution is -2.44. The van der Waals surface area contributed by atoms with Crippen molar-refractivity contribution in [3.8, 4) is 11.8 Å². The van der Waals surface area contributed by atoms with Gasteiger partial charge < -0.3 is 14.5 Å². The molecule has 0 saturated carbocycles. The van der Waals surface area contributed by atoms with Crippen LogP contribution >= 0.6 is 0 Å². The molecule has 0 amide bonds. The maximum absolute atomic E-state index is 9.06. The molecule has 17 heavy (non-hydrogen) atoms. The summed E-state index contributed by atoms with van der Waals surface area (Å²) in [7, 11) is 3.72. The molecule has 0 aromatic heterocycles. The summed E-state index contributed by atoms with van der Waals surface area (Å²) in [5.41, 5.74) is 1.71. The Hall–Kier alpha value is -1.73. The summed E-state index contributed by atoms with van der Waals surface area (Å²) in [4.78, 5) is 4.62. The van der Waals surface area contributed by atoms with Crippen molar-refractivity contribution < 1.29 is 4.74 Å². The van der Waals surface area contributed by atoms with Crippen LogP contribution < -0.4 is 9.64 Å². The Labute approximate surface area is 102 Å². The fraction of sp³-hybridized carbons (Fsp3) is 0.462. The minimum absolute atomic E-state index is 0.601. The molecule has 1 aliphatic rings. The van der Waals surface area contributed by atoms with Crippen LogP contribution in [0, 0.1) is 11.3 Å². The smallest absolute Gasteiger partial charge is 0.136 e. The number of nitrogens with zero attached hydrogens (tertiary/aromatic N) is 3. The van der Waals surface area contributed by atoms with E-state index in [1.165, 1.54) is 0 Å². The molecule has 0 unspecified atom stereocenters. The number of rotatable bonds is 2. The Morgan fingerprint density at radius 3 is 2.53 bits per heavy atom. The second-order valence-corrected chi connectivity index (χ2v) is 4.29. The minimum atomic E-state index is 0.601. The van der Waals surface area contributed by atoms with Crippen molar-refractivity contribution in [3.05, 3.63) is 23.8 Å². The zero-order valence-electron chi connectivity index (χ0n) is 10.3. The number of hydrogen-bond acceptors (Lipinski definition) is 4. The second-order valence-electron chi connectivity index (χ2n) is 4.29. The van der Waals surface area contributed by atoms with Gasteiger partial charge in [-0.3, -0.25) is 0 Å². The van der Waals surface area contributed by atoms with Gasteiger partial charge in [-0.25, -0.2) is 0 Å². The lowest BCUT2D eigenvalue weighted by Gasteiger charge is -2.34. The predicted octanol–water partition coefficient (Wildman–Crippen LogP) is 1.32. The van der Waals surface area contributed by atoms with Crippen molar-refractivity contribution >= 4 is 5.69 Å². The molecule has 90 valence electrons. The SMILES string of the molecule is COc1ccc(N2CCN(C)CC2)cc1C#N. The lowest BCUT2D eigenvalue weighted by atomic mass is 10.1. The summed E-state index contributed by atoms with van der Waals surface area (Å²) in [5, 5.41) is 9.06. The summed E-state index contributed by atoms with van der Waals surface area (Å²) in [6, 6.07) is 7.97. The van der Waals surface area contributed by atoms with Crippen LogP contribution in [0.15, 0.2) is 18.2 Å². The highest BCUT2D eigenvalue weighted by Crippen LogP contribution is 2.24. The molecule has 1 heterocycles. The van der Waals surface area contributed by atoms with Crippen LogP contribution in [0.4, 0.5) is 5.69 Å². The van der Waals surface area contributed by atoms with Gasteiger partial charge in [0.25, 0.3) is 0 Å². The standard InChI is InChI=1S/C13H17N3O/c1-15-5-7-16(8-6-15)12-3-4-13(17-2)11(9-12)10-14/h3-4,9H,5-8H2,1-2H3. The number of benzene rings is 1. The first-order valence-electron chi connectivity index (χ1n) is 5.76. The van der Waals surface area contributed by atoms with Crippen LogP contribution in [0.5, 0.6) is 5.75 Å². The molecular formula is C13H17N3O. The van der Waals surface area contributed by atoms with E-state index < -0.39 is 0 Å². The normalized spacial score (nSPS) is 16.6. The van der Waals surface area contributed by atoms with E-state index in [1.54, 1.807) is 7.11 Å². The Bertz CT molecular complexity index is 431. The monoisotopic (exact) mass is 231 g/mol. The maximum Gasteiger partial charge on any atom is 0.136 e. The van der Waals surface area contributed by atoms with Crippen LogP contribution in [-0.4, -0.2) is 45.2 Å². The quantitative estimate of drug-likeness (QED) is 0.769. The summed E-state index contributed by atoms with van der Waals surface area (Å²) >= 11 is 0. The zero-order chi connectivity index (χ0) is 12.3. The van der Waals surface area contributed by atoms with E-state index in [-0.39, 0.29) is 0 Å². The third kappa shape index (κ3) is 2.51. The third-order valence-electron chi connectivity index (χ3n) is 3.17. The number of nitriles is 1. The molecule has 1 aliphatic heterocycles. The molecule has 0 bridgehead atoms. The average molecular weight is 231 g/mol. The highest BCUT2D eigenvalue weighted by atomic mass is 16.5. The van der Waals surface area contributed by atoms with Crippen molar-refractivity contribution in [3.63, 3.8) is 0 Å². The fourth-order valence-electron chi connectivity index (χ4n) is 2.04. The fourth-order valence-corrected chi connectivity index (χ4v) is 2.04. The molecule has 1 fully saturated rings. The molecule has 2 rings (SSSR count). The van der Waals surface area contributed by atoms with Gasteiger partial charge in [-0.2, -0.15) is 5.26 Å². The van der Waals surface area contributed by atoms with E-state index in [9.17, 15) is 0 Å².